The van der Waals surface area contributed by atoms with E-state index in [4.69, 9.17) is 10.5 Å². The fraction of sp³-hybridized carbons (Fsp3) is 0.600. The minimum atomic E-state index is -3.62. The molecule has 1 unspecified atom stereocenters. The highest BCUT2D eigenvalue weighted by atomic mass is 32.2. The zero-order chi connectivity index (χ0) is 21.8. The van der Waals surface area contributed by atoms with Gasteiger partial charge in [0, 0.05) is 31.6 Å². The zero-order valence-electron chi connectivity index (χ0n) is 17.6. The van der Waals surface area contributed by atoms with Gasteiger partial charge in [0.15, 0.2) is 9.84 Å². The van der Waals surface area contributed by atoms with Crippen LogP contribution in [0.4, 0.5) is 10.5 Å². The lowest BCUT2D eigenvalue weighted by atomic mass is 9.99. The number of hydrogen-bond acceptors (Lipinski definition) is 6. The quantitative estimate of drug-likeness (QED) is 0.671. The van der Waals surface area contributed by atoms with E-state index in [-0.39, 0.29) is 28.5 Å². The summed E-state index contributed by atoms with van der Waals surface area (Å²) in [5.74, 6) is -0.590. The first-order valence-corrected chi connectivity index (χ1v) is 11.8. The number of anilines is 1. The number of hydrogen-bond donors (Lipinski definition) is 1. The molecule has 2 rings (SSSR count). The molecule has 0 saturated carbocycles. The molecule has 1 aromatic rings. The molecule has 1 heterocycles. The molecule has 1 saturated heterocycles. The van der Waals surface area contributed by atoms with Crippen LogP contribution in [0.3, 0.4) is 0 Å². The normalized spacial score (nSPS) is 17.5. The first-order valence-electron chi connectivity index (χ1n) is 9.88. The van der Waals surface area contributed by atoms with Crippen LogP contribution in [0.25, 0.3) is 0 Å². The Kier molecular flexibility index (Phi) is 7.51. The molecule has 2 N–H and O–H groups in total. The highest BCUT2D eigenvalue weighted by Crippen LogP contribution is 2.27. The van der Waals surface area contributed by atoms with E-state index in [1.807, 2.05) is 25.7 Å². The van der Waals surface area contributed by atoms with Crippen LogP contribution in [0.15, 0.2) is 23.1 Å². The van der Waals surface area contributed by atoms with Crippen molar-refractivity contribution in [2.75, 3.05) is 37.4 Å². The highest BCUT2D eigenvalue weighted by Gasteiger charge is 2.34. The van der Waals surface area contributed by atoms with Crippen LogP contribution in [0.2, 0.25) is 0 Å². The molecular formula is C20H31N3O5S. The zero-order valence-corrected chi connectivity index (χ0v) is 18.4. The molecule has 1 aromatic carbocycles. The Hall–Kier alpha value is -2.29. The summed E-state index contributed by atoms with van der Waals surface area (Å²) in [6.45, 7) is 8.08. The van der Waals surface area contributed by atoms with Crippen molar-refractivity contribution in [3.63, 3.8) is 0 Å². The molecule has 0 aromatic heterocycles. The Morgan fingerprint density at radius 3 is 2.52 bits per heavy atom. The van der Waals surface area contributed by atoms with Gasteiger partial charge in [-0.2, -0.15) is 0 Å². The SMILES string of the molecule is CCCCOC(=O)N1CCN(c2ccc(C(N)=O)c(S(C)(=O)=O)c2)CC1C(C)C. The Morgan fingerprint density at radius 1 is 1.28 bits per heavy atom. The lowest BCUT2D eigenvalue weighted by molar-refractivity contribution is 0.0697. The van der Waals surface area contributed by atoms with Crippen molar-refractivity contribution in [1.29, 1.82) is 0 Å². The van der Waals surface area contributed by atoms with Gasteiger partial charge in [0.1, 0.15) is 0 Å². The van der Waals surface area contributed by atoms with Crippen LogP contribution in [0.5, 0.6) is 0 Å². The number of piperazine rings is 1. The number of unbranched alkanes of at least 4 members (excludes halogenated alkanes) is 1. The lowest BCUT2D eigenvalue weighted by Crippen LogP contribution is -2.57. The number of amides is 2. The summed E-state index contributed by atoms with van der Waals surface area (Å²) in [6, 6.07) is 4.56. The Morgan fingerprint density at radius 2 is 1.97 bits per heavy atom. The Balaban J connectivity index is 2.25. The van der Waals surface area contributed by atoms with Crippen LogP contribution in [0, 0.1) is 5.92 Å². The van der Waals surface area contributed by atoms with Crippen molar-refractivity contribution in [2.45, 2.75) is 44.6 Å². The van der Waals surface area contributed by atoms with Crippen molar-refractivity contribution in [1.82, 2.24) is 4.90 Å². The molecule has 0 aliphatic carbocycles. The molecule has 0 bridgehead atoms. The number of carbonyl (C=O) groups is 2. The number of carbonyl (C=O) groups excluding carboxylic acids is 2. The molecule has 1 aliphatic rings. The molecule has 0 spiro atoms. The Bertz CT molecular complexity index is 854. The van der Waals surface area contributed by atoms with Crippen molar-refractivity contribution in [2.24, 2.45) is 11.7 Å². The predicted molar refractivity (Wildman–Crippen MR) is 112 cm³/mol. The van der Waals surface area contributed by atoms with E-state index in [0.29, 0.717) is 31.9 Å². The smallest absolute Gasteiger partial charge is 0.410 e. The van der Waals surface area contributed by atoms with Crippen LogP contribution in [-0.2, 0) is 14.6 Å². The van der Waals surface area contributed by atoms with Crippen LogP contribution < -0.4 is 10.6 Å². The minimum Gasteiger partial charge on any atom is -0.449 e. The molecule has 2 amide bonds. The number of primary amides is 1. The third-order valence-corrected chi connectivity index (χ3v) is 6.28. The van der Waals surface area contributed by atoms with E-state index in [1.54, 1.807) is 11.0 Å². The average Bonchev–Trinajstić information content (AvgIpc) is 2.66. The number of sulfone groups is 1. The van der Waals surface area contributed by atoms with Gasteiger partial charge in [-0.1, -0.05) is 27.2 Å². The van der Waals surface area contributed by atoms with E-state index < -0.39 is 15.7 Å². The fourth-order valence-corrected chi connectivity index (χ4v) is 4.35. The van der Waals surface area contributed by atoms with Gasteiger partial charge in [0.25, 0.3) is 0 Å². The third-order valence-electron chi connectivity index (χ3n) is 5.14. The molecule has 162 valence electrons. The molecule has 8 nitrogen and oxygen atoms in total. The first-order chi connectivity index (χ1) is 13.6. The van der Waals surface area contributed by atoms with Gasteiger partial charge in [-0.25, -0.2) is 13.2 Å². The molecule has 0 radical (unpaired) electrons. The van der Waals surface area contributed by atoms with Gasteiger partial charge in [-0.15, -0.1) is 0 Å². The second kappa shape index (κ2) is 9.47. The number of nitrogens with two attached hydrogens (primary N) is 1. The topological polar surface area (TPSA) is 110 Å². The summed E-state index contributed by atoms with van der Waals surface area (Å²) in [5.41, 5.74) is 5.99. The van der Waals surface area contributed by atoms with Crippen LogP contribution in [0.1, 0.15) is 44.0 Å². The molecular weight excluding hydrogens is 394 g/mol. The first kappa shape index (κ1) is 23.0. The molecule has 1 atom stereocenters. The molecule has 9 heteroatoms. The summed E-state index contributed by atoms with van der Waals surface area (Å²) in [4.78, 5) is 27.8. The van der Waals surface area contributed by atoms with E-state index in [0.717, 1.165) is 19.1 Å². The molecule has 1 aliphatic heterocycles. The predicted octanol–water partition coefficient (Wildman–Crippen LogP) is 2.27. The largest absolute Gasteiger partial charge is 0.449 e. The number of benzene rings is 1. The number of rotatable bonds is 7. The Labute approximate surface area is 172 Å². The van der Waals surface area contributed by atoms with Crippen molar-refractivity contribution in [3.8, 4) is 0 Å². The van der Waals surface area contributed by atoms with Gasteiger partial charge in [-0.3, -0.25) is 4.79 Å². The lowest BCUT2D eigenvalue weighted by Gasteiger charge is -2.43. The van der Waals surface area contributed by atoms with E-state index in [2.05, 4.69) is 0 Å². The van der Waals surface area contributed by atoms with Crippen molar-refractivity contribution >= 4 is 27.5 Å². The van der Waals surface area contributed by atoms with Gasteiger partial charge in [0.2, 0.25) is 5.91 Å². The maximum Gasteiger partial charge on any atom is 0.410 e. The van der Waals surface area contributed by atoms with Gasteiger partial charge in [0.05, 0.1) is 23.1 Å². The van der Waals surface area contributed by atoms with Gasteiger partial charge >= 0.3 is 6.09 Å². The van der Waals surface area contributed by atoms with Crippen LogP contribution >= 0.6 is 0 Å². The summed E-state index contributed by atoms with van der Waals surface area (Å²) in [7, 11) is -3.62. The summed E-state index contributed by atoms with van der Waals surface area (Å²) >= 11 is 0. The van der Waals surface area contributed by atoms with Gasteiger partial charge < -0.3 is 20.3 Å². The summed E-state index contributed by atoms with van der Waals surface area (Å²) in [6.07, 6.45) is 2.54. The van der Waals surface area contributed by atoms with Crippen molar-refractivity contribution < 1.29 is 22.7 Å². The maximum atomic E-state index is 12.5. The maximum absolute atomic E-state index is 12.5. The van der Waals surface area contributed by atoms with Crippen LogP contribution in [-0.4, -0.2) is 63.9 Å². The summed E-state index contributed by atoms with van der Waals surface area (Å²) in [5, 5.41) is 0. The standard InChI is InChI=1S/C20H31N3O5S/c1-5-6-11-28-20(25)23-10-9-22(13-17(23)14(2)3)15-7-8-16(19(21)24)18(12-15)29(4,26)27/h7-8,12,14,17H,5-6,9-11,13H2,1-4H3,(H2,21,24). The molecule has 29 heavy (non-hydrogen) atoms. The number of ether oxygens (including phenoxy) is 1. The third kappa shape index (κ3) is 5.62. The second-order valence-electron chi connectivity index (χ2n) is 7.74. The summed E-state index contributed by atoms with van der Waals surface area (Å²) < 4.78 is 29.7. The van der Waals surface area contributed by atoms with E-state index in [1.165, 1.54) is 12.1 Å². The second-order valence-corrected chi connectivity index (χ2v) is 9.72. The average molecular weight is 426 g/mol. The van der Waals surface area contributed by atoms with E-state index >= 15 is 0 Å². The monoisotopic (exact) mass is 425 g/mol. The fourth-order valence-electron chi connectivity index (χ4n) is 3.45. The minimum absolute atomic E-state index is 0.0187. The van der Waals surface area contributed by atoms with Crippen molar-refractivity contribution in [3.05, 3.63) is 23.8 Å². The van der Waals surface area contributed by atoms with Gasteiger partial charge in [-0.05, 0) is 30.5 Å². The number of nitrogens with zero attached hydrogens (tertiary/aromatic N) is 2. The highest BCUT2D eigenvalue weighted by molar-refractivity contribution is 7.90. The molecule has 1 fully saturated rings. The van der Waals surface area contributed by atoms with E-state index in [9.17, 15) is 18.0 Å².